The van der Waals surface area contributed by atoms with E-state index in [1.54, 1.807) is 30.6 Å². The highest BCUT2D eigenvalue weighted by Crippen LogP contribution is 2.30. The Hall–Kier alpha value is -1.91. The zero-order valence-electron chi connectivity index (χ0n) is 10.7. The lowest BCUT2D eigenvalue weighted by molar-refractivity contribution is 0.175. The van der Waals surface area contributed by atoms with Crippen molar-refractivity contribution in [3.8, 4) is 0 Å². The van der Waals surface area contributed by atoms with Gasteiger partial charge in [0.05, 0.1) is 30.2 Å². The second-order valence-electron chi connectivity index (χ2n) is 4.71. The summed E-state index contributed by atoms with van der Waals surface area (Å²) in [7, 11) is -3.55. The molecule has 10 heteroatoms. The molecule has 0 N–H and O–H groups in total. The second kappa shape index (κ2) is 4.55. The van der Waals surface area contributed by atoms with Crippen LogP contribution in [-0.2, 0) is 10.0 Å². The third-order valence-corrected chi connectivity index (χ3v) is 5.86. The molecule has 0 bridgehead atoms. The molecule has 108 valence electrons. The highest BCUT2D eigenvalue weighted by Gasteiger charge is 2.39. The average Bonchev–Trinajstić information content (AvgIpc) is 3.06. The molecular weight excluding hydrogens is 312 g/mol. The minimum Gasteiger partial charge on any atom is -0.207 e. The first-order valence-electron chi connectivity index (χ1n) is 6.23. The highest BCUT2D eigenvalue weighted by atomic mass is 32.2. The van der Waals surface area contributed by atoms with Crippen molar-refractivity contribution >= 4 is 32.8 Å². The van der Waals surface area contributed by atoms with Gasteiger partial charge in [0, 0.05) is 13.1 Å². The zero-order chi connectivity index (χ0) is 14.4. The standard InChI is InChI=1S/C11H10N6O2S2/c18-21(19,10-3-1-2-9-11(10)15-20-14-9)16-6-8(7-16)17-12-4-5-13-17/h1-5,8H,6-7H2. The third kappa shape index (κ3) is 1.94. The molecule has 8 nitrogen and oxygen atoms in total. The molecule has 0 aliphatic carbocycles. The van der Waals surface area contributed by atoms with Crippen LogP contribution in [0, 0.1) is 0 Å². The van der Waals surface area contributed by atoms with E-state index in [9.17, 15) is 8.42 Å². The molecule has 0 saturated carbocycles. The van der Waals surface area contributed by atoms with E-state index in [1.807, 2.05) is 0 Å². The number of aromatic nitrogens is 5. The van der Waals surface area contributed by atoms with Crippen molar-refractivity contribution in [2.75, 3.05) is 13.1 Å². The summed E-state index contributed by atoms with van der Waals surface area (Å²) >= 11 is 1.01. The Bertz CT molecular complexity index is 882. The first-order valence-corrected chi connectivity index (χ1v) is 8.40. The van der Waals surface area contributed by atoms with Crippen LogP contribution in [0.4, 0.5) is 0 Å². The van der Waals surface area contributed by atoms with Crippen molar-refractivity contribution in [3.63, 3.8) is 0 Å². The van der Waals surface area contributed by atoms with Crippen LogP contribution in [0.25, 0.3) is 11.0 Å². The van der Waals surface area contributed by atoms with E-state index < -0.39 is 10.0 Å². The van der Waals surface area contributed by atoms with Crippen molar-refractivity contribution in [1.82, 2.24) is 28.0 Å². The minimum absolute atomic E-state index is 0.0115. The van der Waals surface area contributed by atoms with E-state index in [4.69, 9.17) is 0 Å². The zero-order valence-corrected chi connectivity index (χ0v) is 12.3. The molecule has 2 aromatic heterocycles. The van der Waals surface area contributed by atoms with E-state index in [1.165, 1.54) is 9.10 Å². The van der Waals surface area contributed by atoms with Crippen LogP contribution in [0.2, 0.25) is 0 Å². The number of fused-ring (bicyclic) bond motifs is 1. The van der Waals surface area contributed by atoms with Gasteiger partial charge in [-0.1, -0.05) is 6.07 Å². The second-order valence-corrected chi connectivity index (χ2v) is 7.15. The fourth-order valence-electron chi connectivity index (χ4n) is 2.30. The van der Waals surface area contributed by atoms with E-state index in [0.717, 1.165) is 11.7 Å². The van der Waals surface area contributed by atoms with Gasteiger partial charge in [0.2, 0.25) is 10.0 Å². The Morgan fingerprint density at radius 2 is 1.90 bits per heavy atom. The lowest BCUT2D eigenvalue weighted by atomic mass is 10.2. The lowest BCUT2D eigenvalue weighted by Crippen LogP contribution is -2.51. The highest BCUT2D eigenvalue weighted by molar-refractivity contribution is 7.89. The van der Waals surface area contributed by atoms with Gasteiger partial charge < -0.3 is 0 Å². The van der Waals surface area contributed by atoms with E-state index in [-0.39, 0.29) is 10.9 Å². The SMILES string of the molecule is O=S(=O)(c1cccc2nsnc12)N1CC(n2nccn2)C1. The summed E-state index contributed by atoms with van der Waals surface area (Å²) in [5.41, 5.74) is 1.04. The van der Waals surface area contributed by atoms with Gasteiger partial charge in [-0.2, -0.15) is 28.0 Å². The van der Waals surface area contributed by atoms with Crippen LogP contribution in [-0.4, -0.2) is 49.6 Å². The van der Waals surface area contributed by atoms with Crippen molar-refractivity contribution < 1.29 is 8.42 Å². The summed E-state index contributed by atoms with van der Waals surface area (Å²) in [4.78, 5) is 1.75. The quantitative estimate of drug-likeness (QED) is 0.698. The van der Waals surface area contributed by atoms with Gasteiger partial charge in [-0.3, -0.25) is 0 Å². The Labute approximate surface area is 124 Å². The number of benzene rings is 1. The Morgan fingerprint density at radius 3 is 2.67 bits per heavy atom. The maximum atomic E-state index is 12.7. The number of sulfonamides is 1. The van der Waals surface area contributed by atoms with E-state index >= 15 is 0 Å². The summed E-state index contributed by atoms with van der Waals surface area (Å²) in [6.07, 6.45) is 3.16. The van der Waals surface area contributed by atoms with Crippen LogP contribution in [0.3, 0.4) is 0 Å². The fourth-order valence-corrected chi connectivity index (χ4v) is 4.57. The first-order chi connectivity index (χ1) is 10.2. The van der Waals surface area contributed by atoms with E-state index in [2.05, 4.69) is 18.9 Å². The average molecular weight is 322 g/mol. The third-order valence-electron chi connectivity index (χ3n) is 3.46. The van der Waals surface area contributed by atoms with Gasteiger partial charge in [0.1, 0.15) is 15.9 Å². The predicted molar refractivity (Wildman–Crippen MR) is 75.2 cm³/mol. The van der Waals surface area contributed by atoms with Crippen molar-refractivity contribution in [1.29, 1.82) is 0 Å². The summed E-state index contributed by atoms with van der Waals surface area (Å²) in [5.74, 6) is 0. The largest absolute Gasteiger partial charge is 0.245 e. The van der Waals surface area contributed by atoms with Gasteiger partial charge in [-0.25, -0.2) is 8.42 Å². The lowest BCUT2D eigenvalue weighted by Gasteiger charge is -2.36. The number of hydrogen-bond acceptors (Lipinski definition) is 7. The molecule has 1 fully saturated rings. The molecule has 1 saturated heterocycles. The first kappa shape index (κ1) is 12.8. The monoisotopic (exact) mass is 322 g/mol. The molecule has 21 heavy (non-hydrogen) atoms. The molecule has 0 atom stereocenters. The maximum Gasteiger partial charge on any atom is 0.245 e. The van der Waals surface area contributed by atoms with Gasteiger partial charge in [0.15, 0.2) is 0 Å². The molecule has 1 aliphatic rings. The Morgan fingerprint density at radius 1 is 1.14 bits per heavy atom. The maximum absolute atomic E-state index is 12.7. The molecule has 3 heterocycles. The molecule has 0 radical (unpaired) electrons. The van der Waals surface area contributed by atoms with Gasteiger partial charge >= 0.3 is 0 Å². The summed E-state index contributed by atoms with van der Waals surface area (Å²) in [5, 5.41) is 8.07. The molecule has 0 unspecified atom stereocenters. The number of rotatable bonds is 3. The van der Waals surface area contributed by atoms with Gasteiger partial charge in [-0.05, 0) is 12.1 Å². The van der Waals surface area contributed by atoms with Crippen LogP contribution < -0.4 is 0 Å². The number of nitrogens with zero attached hydrogens (tertiary/aromatic N) is 6. The summed E-state index contributed by atoms with van der Waals surface area (Å²) in [6, 6.07) is 4.99. The van der Waals surface area contributed by atoms with Crippen molar-refractivity contribution in [2.24, 2.45) is 0 Å². The number of hydrogen-bond donors (Lipinski definition) is 0. The predicted octanol–water partition coefficient (Wildman–Crippen LogP) is 0.528. The van der Waals surface area contributed by atoms with Crippen LogP contribution in [0.15, 0.2) is 35.5 Å². The Kier molecular flexibility index (Phi) is 2.77. The molecule has 0 spiro atoms. The topological polar surface area (TPSA) is 93.9 Å². The summed E-state index contributed by atoms with van der Waals surface area (Å²) < 4.78 is 34.9. The molecular formula is C11H10N6O2S2. The molecule has 4 rings (SSSR count). The smallest absolute Gasteiger partial charge is 0.207 e. The molecule has 3 aromatic rings. The Balaban J connectivity index is 1.65. The molecule has 1 aliphatic heterocycles. The minimum atomic E-state index is -3.55. The normalized spacial score (nSPS) is 17.1. The van der Waals surface area contributed by atoms with Gasteiger partial charge in [-0.15, -0.1) is 0 Å². The van der Waals surface area contributed by atoms with Crippen molar-refractivity contribution in [2.45, 2.75) is 10.9 Å². The van der Waals surface area contributed by atoms with Crippen LogP contribution in [0.1, 0.15) is 6.04 Å². The van der Waals surface area contributed by atoms with Crippen LogP contribution >= 0.6 is 11.7 Å². The van der Waals surface area contributed by atoms with Gasteiger partial charge in [0.25, 0.3) is 0 Å². The molecule has 1 aromatic carbocycles. The van der Waals surface area contributed by atoms with Crippen molar-refractivity contribution in [3.05, 3.63) is 30.6 Å². The van der Waals surface area contributed by atoms with E-state index in [0.29, 0.717) is 24.1 Å². The fraction of sp³-hybridized carbons (Fsp3) is 0.273. The summed E-state index contributed by atoms with van der Waals surface area (Å²) in [6.45, 7) is 0.732. The molecule has 0 amide bonds. The van der Waals surface area contributed by atoms with Crippen LogP contribution in [0.5, 0.6) is 0 Å².